The zero-order chi connectivity index (χ0) is 16.3. The molecule has 0 bridgehead atoms. The van der Waals surface area contributed by atoms with Crippen LogP contribution in [0.3, 0.4) is 0 Å². The summed E-state index contributed by atoms with van der Waals surface area (Å²) >= 11 is 0.739. The van der Waals surface area contributed by atoms with Crippen molar-refractivity contribution < 1.29 is 23.5 Å². The number of nitrogens with zero attached hydrogens (tertiary/aromatic N) is 1. The van der Waals surface area contributed by atoms with E-state index >= 15 is 0 Å². The predicted octanol–water partition coefficient (Wildman–Crippen LogP) is 2.81. The summed E-state index contributed by atoms with van der Waals surface area (Å²) in [5.41, 5.74) is 0.594. The molecule has 0 atom stereocenters. The molecule has 1 fully saturated rings. The zero-order valence-corrected chi connectivity index (χ0v) is 12.9. The molecule has 1 aliphatic heterocycles. The molecular formula is C15H14FNO4S. The normalized spacial score (nSPS) is 16.7. The quantitative estimate of drug-likeness (QED) is 0.630. The van der Waals surface area contributed by atoms with Crippen molar-refractivity contribution in [3.8, 4) is 0 Å². The van der Waals surface area contributed by atoms with Gasteiger partial charge in [-0.1, -0.05) is 12.1 Å². The summed E-state index contributed by atoms with van der Waals surface area (Å²) < 4.78 is 17.8. The molecule has 116 valence electrons. The number of benzene rings is 1. The highest BCUT2D eigenvalue weighted by molar-refractivity contribution is 8.18. The second-order valence-corrected chi connectivity index (χ2v) is 5.85. The van der Waals surface area contributed by atoms with Gasteiger partial charge in [-0.05, 0) is 49.4 Å². The maximum absolute atomic E-state index is 12.8. The average molecular weight is 323 g/mol. The highest BCUT2D eigenvalue weighted by Gasteiger charge is 2.36. The van der Waals surface area contributed by atoms with Gasteiger partial charge in [0.15, 0.2) is 0 Å². The lowest BCUT2D eigenvalue weighted by molar-refractivity contribution is -0.149. The van der Waals surface area contributed by atoms with Crippen molar-refractivity contribution in [2.45, 2.75) is 20.0 Å². The number of hydrogen-bond acceptors (Lipinski definition) is 5. The molecule has 1 saturated heterocycles. The molecule has 5 nitrogen and oxygen atoms in total. The third-order valence-electron chi connectivity index (χ3n) is 2.70. The van der Waals surface area contributed by atoms with Crippen LogP contribution < -0.4 is 0 Å². The first-order valence-electron chi connectivity index (χ1n) is 6.57. The van der Waals surface area contributed by atoms with Gasteiger partial charge in [-0.3, -0.25) is 19.3 Å². The van der Waals surface area contributed by atoms with Crippen molar-refractivity contribution in [2.24, 2.45) is 0 Å². The van der Waals surface area contributed by atoms with Gasteiger partial charge < -0.3 is 4.74 Å². The number of thioether (sulfide) groups is 1. The van der Waals surface area contributed by atoms with Gasteiger partial charge in [-0.15, -0.1) is 0 Å². The van der Waals surface area contributed by atoms with E-state index in [1.54, 1.807) is 13.8 Å². The number of ether oxygens (including phenoxy) is 1. The van der Waals surface area contributed by atoms with Gasteiger partial charge in [0.1, 0.15) is 12.4 Å². The molecule has 0 spiro atoms. The standard InChI is InChI=1S/C15H14FNO4S/c1-9(2)21-13(18)8-17-14(19)12(22-15(17)20)7-10-3-5-11(16)6-4-10/h3-7,9H,8H2,1-2H3/b12-7+. The lowest BCUT2D eigenvalue weighted by atomic mass is 10.2. The van der Waals surface area contributed by atoms with Gasteiger partial charge in [-0.25, -0.2) is 4.39 Å². The first kappa shape index (κ1) is 16.2. The van der Waals surface area contributed by atoms with E-state index in [9.17, 15) is 18.8 Å². The molecular weight excluding hydrogens is 309 g/mol. The number of carbonyl (C=O) groups excluding carboxylic acids is 3. The number of esters is 1. The van der Waals surface area contributed by atoms with Gasteiger partial charge in [0.2, 0.25) is 0 Å². The number of rotatable bonds is 4. The monoisotopic (exact) mass is 323 g/mol. The van der Waals surface area contributed by atoms with Crippen LogP contribution in [0.15, 0.2) is 29.2 Å². The van der Waals surface area contributed by atoms with Crippen LogP contribution in [0.25, 0.3) is 6.08 Å². The minimum absolute atomic E-state index is 0.189. The fourth-order valence-corrected chi connectivity index (χ4v) is 2.61. The van der Waals surface area contributed by atoms with E-state index in [-0.39, 0.29) is 16.8 Å². The molecule has 1 heterocycles. The van der Waals surface area contributed by atoms with Crippen molar-refractivity contribution in [3.05, 3.63) is 40.6 Å². The summed E-state index contributed by atoms with van der Waals surface area (Å²) in [6.07, 6.45) is 1.17. The Balaban J connectivity index is 2.11. The van der Waals surface area contributed by atoms with E-state index in [0.717, 1.165) is 16.7 Å². The summed E-state index contributed by atoms with van der Waals surface area (Å²) in [5.74, 6) is -1.58. The van der Waals surface area contributed by atoms with Crippen LogP contribution in [-0.2, 0) is 14.3 Å². The summed E-state index contributed by atoms with van der Waals surface area (Å²) in [7, 11) is 0. The lowest BCUT2D eigenvalue weighted by Crippen LogP contribution is -2.35. The van der Waals surface area contributed by atoms with Crippen molar-refractivity contribution in [1.82, 2.24) is 4.90 Å². The molecule has 0 N–H and O–H groups in total. The molecule has 2 amide bonds. The molecule has 0 aromatic heterocycles. The highest BCUT2D eigenvalue weighted by Crippen LogP contribution is 2.32. The SMILES string of the molecule is CC(C)OC(=O)CN1C(=O)S/C(=C/c2ccc(F)cc2)C1=O. The molecule has 1 aromatic carbocycles. The Hall–Kier alpha value is -2.15. The van der Waals surface area contributed by atoms with Gasteiger partial charge in [0.05, 0.1) is 11.0 Å². The Kier molecular flexibility index (Phi) is 4.97. The number of amides is 2. The number of hydrogen-bond donors (Lipinski definition) is 0. The molecule has 0 radical (unpaired) electrons. The van der Waals surface area contributed by atoms with E-state index in [0.29, 0.717) is 5.56 Å². The minimum atomic E-state index is -0.639. The van der Waals surface area contributed by atoms with Crippen LogP contribution in [-0.4, -0.2) is 34.7 Å². The number of imide groups is 1. The molecule has 0 unspecified atom stereocenters. The largest absolute Gasteiger partial charge is 0.462 e. The Morgan fingerprint density at radius 1 is 1.32 bits per heavy atom. The maximum atomic E-state index is 12.8. The molecule has 2 rings (SSSR count). The van der Waals surface area contributed by atoms with Crippen LogP contribution in [0.1, 0.15) is 19.4 Å². The third kappa shape index (κ3) is 3.94. The van der Waals surface area contributed by atoms with Crippen molar-refractivity contribution in [2.75, 3.05) is 6.54 Å². The Bertz CT molecular complexity index is 639. The van der Waals surface area contributed by atoms with E-state index in [1.807, 2.05) is 0 Å². The first-order chi connectivity index (χ1) is 10.4. The van der Waals surface area contributed by atoms with Crippen LogP contribution in [0.5, 0.6) is 0 Å². The first-order valence-corrected chi connectivity index (χ1v) is 7.39. The zero-order valence-electron chi connectivity index (χ0n) is 12.0. The fraction of sp³-hybridized carbons (Fsp3) is 0.267. The minimum Gasteiger partial charge on any atom is -0.462 e. The Morgan fingerprint density at radius 3 is 2.55 bits per heavy atom. The summed E-state index contributed by atoms with van der Waals surface area (Å²) in [6, 6.07) is 5.51. The fourth-order valence-electron chi connectivity index (χ4n) is 1.78. The Labute approximate surface area is 131 Å². The molecule has 1 aliphatic rings. The second kappa shape index (κ2) is 6.74. The van der Waals surface area contributed by atoms with E-state index < -0.39 is 23.7 Å². The second-order valence-electron chi connectivity index (χ2n) is 4.86. The summed E-state index contributed by atoms with van der Waals surface area (Å²) in [5, 5.41) is -0.529. The van der Waals surface area contributed by atoms with E-state index in [2.05, 4.69) is 0 Å². The topological polar surface area (TPSA) is 63.7 Å². The third-order valence-corrected chi connectivity index (χ3v) is 3.60. The number of carbonyl (C=O) groups is 3. The lowest BCUT2D eigenvalue weighted by Gasteiger charge is -2.13. The van der Waals surface area contributed by atoms with Gasteiger partial charge in [-0.2, -0.15) is 0 Å². The maximum Gasteiger partial charge on any atom is 0.326 e. The summed E-state index contributed by atoms with van der Waals surface area (Å²) in [4.78, 5) is 36.6. The van der Waals surface area contributed by atoms with Gasteiger partial charge >= 0.3 is 5.97 Å². The number of halogens is 1. The van der Waals surface area contributed by atoms with Crippen LogP contribution in [0.4, 0.5) is 9.18 Å². The highest BCUT2D eigenvalue weighted by atomic mass is 32.2. The molecule has 0 saturated carbocycles. The summed E-state index contributed by atoms with van der Waals surface area (Å²) in [6.45, 7) is 2.95. The van der Waals surface area contributed by atoms with Crippen molar-refractivity contribution in [3.63, 3.8) is 0 Å². The van der Waals surface area contributed by atoms with Gasteiger partial charge in [0, 0.05) is 0 Å². The smallest absolute Gasteiger partial charge is 0.326 e. The molecule has 1 aromatic rings. The van der Waals surface area contributed by atoms with Gasteiger partial charge in [0.25, 0.3) is 11.1 Å². The molecule has 7 heteroatoms. The molecule has 0 aliphatic carbocycles. The predicted molar refractivity (Wildman–Crippen MR) is 80.3 cm³/mol. The Morgan fingerprint density at radius 2 is 1.95 bits per heavy atom. The van der Waals surface area contributed by atoms with Crippen molar-refractivity contribution >= 4 is 35.0 Å². The molecule has 22 heavy (non-hydrogen) atoms. The van der Waals surface area contributed by atoms with Crippen LogP contribution in [0.2, 0.25) is 0 Å². The average Bonchev–Trinajstić information content (AvgIpc) is 2.68. The van der Waals surface area contributed by atoms with Crippen LogP contribution in [0, 0.1) is 5.82 Å². The van der Waals surface area contributed by atoms with Crippen molar-refractivity contribution in [1.29, 1.82) is 0 Å². The van der Waals surface area contributed by atoms with E-state index in [1.165, 1.54) is 30.3 Å². The van der Waals surface area contributed by atoms with E-state index in [4.69, 9.17) is 4.74 Å². The van der Waals surface area contributed by atoms with Crippen LogP contribution >= 0.6 is 11.8 Å².